The molecule has 0 saturated heterocycles. The second-order valence-electron chi connectivity index (χ2n) is 4.92. The smallest absolute Gasteiger partial charge is 0.161 e. The highest BCUT2D eigenvalue weighted by Gasteiger charge is 2.15. The zero-order valence-electron chi connectivity index (χ0n) is 11.9. The zero-order chi connectivity index (χ0) is 14.2. The van der Waals surface area contributed by atoms with Gasteiger partial charge in [-0.3, -0.25) is 4.98 Å². The summed E-state index contributed by atoms with van der Waals surface area (Å²) in [4.78, 5) is 4.71. The normalized spacial score (nSPS) is 17.9. The summed E-state index contributed by atoms with van der Waals surface area (Å²) < 4.78 is 8.40. The Morgan fingerprint density at radius 2 is 1.80 bits per heavy atom. The lowest BCUT2D eigenvalue weighted by Crippen LogP contribution is -2.13. The molecule has 2 heteroatoms. The molecule has 0 amide bonds. The number of nitrogens with zero attached hydrogens (tertiary/aromatic N) is 1. The third kappa shape index (κ3) is 1.86. The first kappa shape index (κ1) is 10.2. The number of nitrogens with one attached hydrogen (secondary N) is 1. The van der Waals surface area contributed by atoms with Gasteiger partial charge in [-0.15, -0.1) is 0 Å². The Labute approximate surface area is 119 Å². The van der Waals surface area contributed by atoms with Crippen molar-refractivity contribution >= 4 is 22.7 Å². The van der Waals surface area contributed by atoms with Crippen LogP contribution in [0.4, 0.5) is 5.69 Å². The largest absolute Gasteiger partial charge is 0.373 e. The van der Waals surface area contributed by atoms with Crippen LogP contribution in [0.25, 0.3) is 17.0 Å². The van der Waals surface area contributed by atoms with Crippen molar-refractivity contribution in [1.82, 2.24) is 4.98 Å². The summed E-state index contributed by atoms with van der Waals surface area (Å²) in [7, 11) is 0. The maximum atomic E-state index is 8.40. The van der Waals surface area contributed by atoms with Gasteiger partial charge in [0.15, 0.2) is 1.41 Å². The van der Waals surface area contributed by atoms with Crippen LogP contribution in [-0.2, 0) is 0 Å². The third-order valence-corrected chi connectivity index (χ3v) is 3.60. The monoisotopic (exact) mass is 259 g/mol. The quantitative estimate of drug-likeness (QED) is 0.700. The lowest BCUT2D eigenvalue weighted by Gasteiger charge is -2.22. The van der Waals surface area contributed by atoms with Crippen molar-refractivity contribution in [3.63, 3.8) is 0 Å². The molecule has 3 aromatic rings. The molecular formula is C18H14N2. The number of rotatable bonds is 1. The Balaban J connectivity index is 1.79. The van der Waals surface area contributed by atoms with Crippen LogP contribution in [0.5, 0.6) is 0 Å². The fourth-order valence-corrected chi connectivity index (χ4v) is 2.54. The zero-order valence-corrected chi connectivity index (χ0v) is 10.9. The summed E-state index contributed by atoms with van der Waals surface area (Å²) in [6.45, 7) is 0. The number of hydrogen-bond acceptors (Lipinski definition) is 2. The molecule has 96 valence electrons. The van der Waals surface area contributed by atoms with E-state index in [4.69, 9.17) is 6.40 Å². The lowest BCUT2D eigenvalue weighted by atomic mass is 10.0. The van der Waals surface area contributed by atoms with E-state index < -0.39 is 0 Å². The van der Waals surface area contributed by atoms with Crippen LogP contribution < -0.4 is 5.31 Å². The third-order valence-electron chi connectivity index (χ3n) is 3.60. The Morgan fingerprint density at radius 3 is 2.80 bits per heavy atom. The van der Waals surface area contributed by atoms with Gasteiger partial charge in [-0.2, -0.15) is 0 Å². The van der Waals surface area contributed by atoms with E-state index in [1.54, 1.807) is 0 Å². The number of para-hydroxylation sites is 2. The van der Waals surface area contributed by atoms with E-state index in [2.05, 4.69) is 18.2 Å². The molecule has 0 fully saturated rings. The van der Waals surface area contributed by atoms with Crippen molar-refractivity contribution < 1.29 is 1.41 Å². The number of hydrogen-bond donors (Lipinski definition) is 1. The van der Waals surface area contributed by atoms with Crippen LogP contribution in [0.2, 0.25) is 1.41 Å². The van der Waals surface area contributed by atoms with E-state index in [1.807, 2.05) is 54.6 Å². The molecule has 1 aromatic heterocycles. The fraction of sp³-hybridized carbons (Fsp3) is 0.0556. The molecule has 1 unspecified atom stereocenters. The van der Waals surface area contributed by atoms with Crippen molar-refractivity contribution in [3.8, 4) is 0 Å². The molecule has 0 radical (unpaired) electrons. The molecule has 20 heavy (non-hydrogen) atoms. The van der Waals surface area contributed by atoms with Gasteiger partial charge >= 0.3 is 0 Å². The van der Waals surface area contributed by atoms with Gasteiger partial charge in [0.1, 0.15) is 0 Å². The van der Waals surface area contributed by atoms with Gasteiger partial charge in [0.2, 0.25) is 0 Å². The summed E-state index contributed by atoms with van der Waals surface area (Å²) in [5.41, 5.74) is 3.86. The minimum absolute atomic E-state index is 0.149. The second kappa shape index (κ2) is 4.49. The molecule has 2 heterocycles. The number of pyridine rings is 1. The van der Waals surface area contributed by atoms with Crippen molar-refractivity contribution in [2.24, 2.45) is 0 Å². The van der Waals surface area contributed by atoms with E-state index in [1.165, 1.54) is 5.31 Å². The van der Waals surface area contributed by atoms with Crippen LogP contribution in [0.3, 0.4) is 0 Å². The second-order valence-corrected chi connectivity index (χ2v) is 4.92. The molecule has 0 bridgehead atoms. The van der Waals surface area contributed by atoms with Crippen molar-refractivity contribution in [2.45, 2.75) is 6.04 Å². The summed E-state index contributed by atoms with van der Waals surface area (Å²) in [6, 6.07) is 19.9. The summed E-state index contributed by atoms with van der Waals surface area (Å²) in [5, 5.41) is 2.66. The molecule has 4 rings (SSSR count). The van der Waals surface area contributed by atoms with Gasteiger partial charge in [-0.1, -0.05) is 54.6 Å². The fourth-order valence-electron chi connectivity index (χ4n) is 2.54. The SMILES string of the molecule is [2H]N1c2ccccc2C=CC1c1ccc2ccccc2n1. The number of aromatic nitrogens is 1. The Kier molecular flexibility index (Phi) is 2.29. The minimum atomic E-state index is -0.149. The van der Waals surface area contributed by atoms with E-state index >= 15 is 0 Å². The Hall–Kier alpha value is -2.61. The summed E-state index contributed by atoms with van der Waals surface area (Å²) >= 11 is 0. The number of anilines is 1. The van der Waals surface area contributed by atoms with Gasteiger partial charge in [-0.25, -0.2) is 0 Å². The predicted molar refractivity (Wildman–Crippen MR) is 83.6 cm³/mol. The molecule has 1 atom stereocenters. The van der Waals surface area contributed by atoms with Gasteiger partial charge in [-0.05, 0) is 23.8 Å². The maximum absolute atomic E-state index is 8.40. The van der Waals surface area contributed by atoms with Crippen LogP contribution in [-0.4, -0.2) is 4.98 Å². The average molecular weight is 259 g/mol. The van der Waals surface area contributed by atoms with Gasteiger partial charge < -0.3 is 5.31 Å². The topological polar surface area (TPSA) is 24.9 Å². The summed E-state index contributed by atoms with van der Waals surface area (Å²) in [5.74, 6) is 0. The van der Waals surface area contributed by atoms with Gasteiger partial charge in [0.25, 0.3) is 0 Å². The maximum Gasteiger partial charge on any atom is 0.161 e. The number of benzene rings is 2. The molecule has 1 aliphatic heterocycles. The van der Waals surface area contributed by atoms with Crippen molar-refractivity contribution in [1.29, 1.82) is 0 Å². The molecule has 2 nitrogen and oxygen atoms in total. The lowest BCUT2D eigenvalue weighted by molar-refractivity contribution is 0.929. The van der Waals surface area contributed by atoms with Crippen molar-refractivity contribution in [3.05, 3.63) is 78.0 Å². The highest BCUT2D eigenvalue weighted by Crippen LogP contribution is 2.29. The highest BCUT2D eigenvalue weighted by molar-refractivity contribution is 5.79. The first-order chi connectivity index (χ1) is 10.3. The number of fused-ring (bicyclic) bond motifs is 2. The first-order valence-corrected chi connectivity index (χ1v) is 6.74. The Bertz CT molecular complexity index is 841. The highest BCUT2D eigenvalue weighted by atomic mass is 15.0. The van der Waals surface area contributed by atoms with E-state index in [9.17, 15) is 0 Å². The first-order valence-electron chi connectivity index (χ1n) is 7.19. The molecule has 0 saturated carbocycles. The standard InChI is InChI=1S/C18H14N2/c1-3-7-15-13(5-1)9-11-17(19-15)18-12-10-14-6-2-4-8-16(14)20-18/h1-12,17,19H/i/hD. The van der Waals surface area contributed by atoms with E-state index in [-0.39, 0.29) is 6.04 Å². The molecule has 1 aliphatic rings. The predicted octanol–water partition coefficient (Wildman–Crippen LogP) is 4.41. The van der Waals surface area contributed by atoms with Gasteiger partial charge in [0.05, 0.1) is 17.3 Å². The van der Waals surface area contributed by atoms with E-state index in [0.717, 1.165) is 27.8 Å². The Morgan fingerprint density at radius 1 is 0.950 bits per heavy atom. The van der Waals surface area contributed by atoms with Crippen LogP contribution in [0, 0.1) is 0 Å². The van der Waals surface area contributed by atoms with Crippen LogP contribution in [0.1, 0.15) is 17.3 Å². The average Bonchev–Trinajstić information content (AvgIpc) is 2.55. The molecule has 0 aliphatic carbocycles. The molecule has 2 aromatic carbocycles. The molecular weight excluding hydrogens is 244 g/mol. The molecule has 1 N–H and O–H groups in total. The van der Waals surface area contributed by atoms with E-state index in [0.29, 0.717) is 0 Å². The minimum Gasteiger partial charge on any atom is -0.373 e. The van der Waals surface area contributed by atoms with Crippen LogP contribution >= 0.6 is 0 Å². The van der Waals surface area contributed by atoms with Gasteiger partial charge in [0, 0.05) is 11.1 Å². The molecule has 0 spiro atoms. The van der Waals surface area contributed by atoms with Crippen molar-refractivity contribution in [2.75, 3.05) is 5.31 Å². The summed E-state index contributed by atoms with van der Waals surface area (Å²) in [6.07, 6.45) is 4.11. The van der Waals surface area contributed by atoms with Crippen LogP contribution in [0.15, 0.2) is 66.7 Å².